The minimum Gasteiger partial charge on any atom is -0.376 e. The third-order valence-electron chi connectivity index (χ3n) is 4.31. The standard InChI is InChI=1S/C18H19N5O3S/c24-15(19-9-13-7-4-8-26-13)11-27-18-21-16-14(17(25)22-18)10-20-23(16)12-5-2-1-3-6-12/h1-3,5-6,10,13H,4,7-9,11H2,(H,19,24)(H,21,22,25)/t13-/m0/s1. The van der Waals surface area contributed by atoms with Crippen molar-refractivity contribution in [2.45, 2.75) is 24.1 Å². The minimum absolute atomic E-state index is 0.105. The number of para-hydroxylation sites is 1. The van der Waals surface area contributed by atoms with Gasteiger partial charge in [0.25, 0.3) is 5.56 Å². The summed E-state index contributed by atoms with van der Waals surface area (Å²) in [5.74, 6) is 0.0514. The molecular formula is C18H19N5O3S. The number of aromatic amines is 1. The molecule has 0 radical (unpaired) electrons. The Labute approximate surface area is 159 Å². The van der Waals surface area contributed by atoms with E-state index in [4.69, 9.17) is 4.74 Å². The first-order valence-corrected chi connectivity index (χ1v) is 9.74. The molecule has 9 heteroatoms. The molecule has 2 N–H and O–H groups in total. The molecular weight excluding hydrogens is 366 g/mol. The number of H-pyrrole nitrogens is 1. The molecule has 1 aliphatic rings. The number of aromatic nitrogens is 4. The van der Waals surface area contributed by atoms with Crippen LogP contribution < -0.4 is 10.9 Å². The molecule has 1 amide bonds. The van der Waals surface area contributed by atoms with E-state index in [1.807, 2.05) is 30.3 Å². The summed E-state index contributed by atoms with van der Waals surface area (Å²) >= 11 is 1.19. The second-order valence-electron chi connectivity index (χ2n) is 6.23. The number of fused-ring (bicyclic) bond motifs is 1. The van der Waals surface area contributed by atoms with Gasteiger partial charge in [-0.2, -0.15) is 5.10 Å². The number of benzene rings is 1. The fourth-order valence-electron chi connectivity index (χ4n) is 2.94. The third-order valence-corrected chi connectivity index (χ3v) is 5.18. The molecule has 1 atom stereocenters. The summed E-state index contributed by atoms with van der Waals surface area (Å²) < 4.78 is 7.10. The van der Waals surface area contributed by atoms with E-state index in [1.165, 1.54) is 18.0 Å². The highest BCUT2D eigenvalue weighted by Gasteiger charge is 2.17. The number of hydrogen-bond acceptors (Lipinski definition) is 6. The molecule has 1 fully saturated rings. The molecule has 0 bridgehead atoms. The van der Waals surface area contributed by atoms with Gasteiger partial charge in [-0.15, -0.1) is 0 Å². The van der Waals surface area contributed by atoms with Crippen LogP contribution in [0.5, 0.6) is 0 Å². The summed E-state index contributed by atoms with van der Waals surface area (Å²) in [7, 11) is 0. The van der Waals surface area contributed by atoms with Crippen LogP contribution in [-0.4, -0.2) is 50.7 Å². The van der Waals surface area contributed by atoms with Crippen molar-refractivity contribution in [3.8, 4) is 5.69 Å². The number of hydrogen-bond donors (Lipinski definition) is 2. The smallest absolute Gasteiger partial charge is 0.262 e. The number of ether oxygens (including phenoxy) is 1. The van der Waals surface area contributed by atoms with E-state index in [1.54, 1.807) is 4.68 Å². The Bertz CT molecular complexity index is 995. The molecule has 2 aromatic heterocycles. The fourth-order valence-corrected chi connectivity index (χ4v) is 3.63. The van der Waals surface area contributed by atoms with Gasteiger partial charge in [0, 0.05) is 13.2 Å². The van der Waals surface area contributed by atoms with E-state index >= 15 is 0 Å². The average Bonchev–Trinajstić information content (AvgIpc) is 3.35. The van der Waals surface area contributed by atoms with Crippen molar-refractivity contribution >= 4 is 28.7 Å². The molecule has 4 rings (SSSR count). The number of carbonyl (C=O) groups is 1. The van der Waals surface area contributed by atoms with Crippen LogP contribution in [0, 0.1) is 0 Å². The van der Waals surface area contributed by atoms with E-state index in [-0.39, 0.29) is 23.3 Å². The van der Waals surface area contributed by atoms with Crippen LogP contribution in [0.4, 0.5) is 0 Å². The highest BCUT2D eigenvalue weighted by atomic mass is 32.2. The number of nitrogens with zero attached hydrogens (tertiary/aromatic N) is 3. The lowest BCUT2D eigenvalue weighted by Crippen LogP contribution is -2.33. The second kappa shape index (κ2) is 7.93. The summed E-state index contributed by atoms with van der Waals surface area (Å²) in [4.78, 5) is 31.5. The van der Waals surface area contributed by atoms with Crippen molar-refractivity contribution in [2.24, 2.45) is 0 Å². The Kier molecular flexibility index (Phi) is 5.21. The van der Waals surface area contributed by atoms with Gasteiger partial charge >= 0.3 is 0 Å². The van der Waals surface area contributed by atoms with Crippen molar-refractivity contribution < 1.29 is 9.53 Å². The molecule has 1 saturated heterocycles. The van der Waals surface area contributed by atoms with Gasteiger partial charge in [-0.05, 0) is 25.0 Å². The Balaban J connectivity index is 1.47. The van der Waals surface area contributed by atoms with Gasteiger partial charge < -0.3 is 15.0 Å². The zero-order valence-corrected chi connectivity index (χ0v) is 15.4. The number of thioether (sulfide) groups is 1. The van der Waals surface area contributed by atoms with E-state index in [0.29, 0.717) is 22.7 Å². The first-order chi connectivity index (χ1) is 13.2. The molecule has 140 valence electrons. The Morgan fingerprint density at radius 3 is 3.00 bits per heavy atom. The average molecular weight is 385 g/mol. The third kappa shape index (κ3) is 4.04. The van der Waals surface area contributed by atoms with Gasteiger partial charge in [-0.1, -0.05) is 30.0 Å². The van der Waals surface area contributed by atoms with Gasteiger partial charge in [0.1, 0.15) is 5.39 Å². The van der Waals surface area contributed by atoms with Gasteiger partial charge in [-0.3, -0.25) is 9.59 Å². The zero-order valence-electron chi connectivity index (χ0n) is 14.6. The van der Waals surface area contributed by atoms with E-state index < -0.39 is 0 Å². The quantitative estimate of drug-likeness (QED) is 0.492. The number of rotatable bonds is 6. The molecule has 27 heavy (non-hydrogen) atoms. The van der Waals surface area contributed by atoms with Gasteiger partial charge in [-0.25, -0.2) is 9.67 Å². The number of amides is 1. The molecule has 8 nitrogen and oxygen atoms in total. The normalized spacial score (nSPS) is 16.7. The predicted molar refractivity (Wildman–Crippen MR) is 102 cm³/mol. The van der Waals surface area contributed by atoms with E-state index in [0.717, 1.165) is 25.1 Å². The van der Waals surface area contributed by atoms with Crippen LogP contribution in [0.15, 0.2) is 46.5 Å². The summed E-state index contributed by atoms with van der Waals surface area (Å²) in [5, 5.41) is 7.92. The van der Waals surface area contributed by atoms with E-state index in [9.17, 15) is 9.59 Å². The van der Waals surface area contributed by atoms with Gasteiger partial charge in [0.05, 0.1) is 23.7 Å². The molecule has 0 spiro atoms. The monoisotopic (exact) mass is 385 g/mol. The highest BCUT2D eigenvalue weighted by Crippen LogP contribution is 2.17. The van der Waals surface area contributed by atoms with Crippen LogP contribution in [0.3, 0.4) is 0 Å². The molecule has 1 aromatic carbocycles. The van der Waals surface area contributed by atoms with Crippen LogP contribution in [0.2, 0.25) is 0 Å². The van der Waals surface area contributed by atoms with Crippen molar-refractivity contribution in [2.75, 3.05) is 18.9 Å². The van der Waals surface area contributed by atoms with Crippen molar-refractivity contribution in [3.63, 3.8) is 0 Å². The SMILES string of the molecule is O=C(CSc1nc2c(cnn2-c2ccccc2)c(=O)[nH]1)NC[C@@H]1CCCO1. The molecule has 3 aromatic rings. The maximum Gasteiger partial charge on any atom is 0.262 e. The summed E-state index contributed by atoms with van der Waals surface area (Å²) in [6, 6.07) is 9.47. The van der Waals surface area contributed by atoms with Crippen LogP contribution in [0.1, 0.15) is 12.8 Å². The maximum absolute atomic E-state index is 12.3. The number of nitrogens with one attached hydrogen (secondary N) is 2. The molecule has 0 saturated carbocycles. The van der Waals surface area contributed by atoms with E-state index in [2.05, 4.69) is 20.4 Å². The lowest BCUT2D eigenvalue weighted by molar-refractivity contribution is -0.119. The first kappa shape index (κ1) is 17.7. The van der Waals surface area contributed by atoms with Crippen molar-refractivity contribution in [3.05, 3.63) is 46.9 Å². The minimum atomic E-state index is -0.274. The molecule has 1 aliphatic heterocycles. The molecule has 3 heterocycles. The second-order valence-corrected chi connectivity index (χ2v) is 7.19. The largest absolute Gasteiger partial charge is 0.376 e. The fraction of sp³-hybridized carbons (Fsp3) is 0.333. The van der Waals surface area contributed by atoms with Gasteiger partial charge in [0.2, 0.25) is 5.91 Å². The van der Waals surface area contributed by atoms with Crippen LogP contribution >= 0.6 is 11.8 Å². The Hall–Kier alpha value is -2.65. The Morgan fingerprint density at radius 2 is 2.22 bits per heavy atom. The molecule has 0 aliphatic carbocycles. The van der Waals surface area contributed by atoms with Crippen LogP contribution in [-0.2, 0) is 9.53 Å². The lowest BCUT2D eigenvalue weighted by Gasteiger charge is -2.10. The topological polar surface area (TPSA) is 102 Å². The summed E-state index contributed by atoms with van der Waals surface area (Å²) in [6.45, 7) is 1.28. The summed E-state index contributed by atoms with van der Waals surface area (Å²) in [5.41, 5.74) is 1.01. The number of carbonyl (C=O) groups excluding carboxylic acids is 1. The highest BCUT2D eigenvalue weighted by molar-refractivity contribution is 7.99. The van der Waals surface area contributed by atoms with Crippen molar-refractivity contribution in [1.29, 1.82) is 0 Å². The zero-order chi connectivity index (χ0) is 18.6. The van der Waals surface area contributed by atoms with Crippen molar-refractivity contribution in [1.82, 2.24) is 25.1 Å². The first-order valence-electron chi connectivity index (χ1n) is 8.75. The van der Waals surface area contributed by atoms with Crippen LogP contribution in [0.25, 0.3) is 16.7 Å². The van der Waals surface area contributed by atoms with Gasteiger partial charge in [0.15, 0.2) is 10.8 Å². The lowest BCUT2D eigenvalue weighted by atomic mass is 10.2. The summed E-state index contributed by atoms with van der Waals surface area (Å²) in [6.07, 6.45) is 3.61. The Morgan fingerprint density at radius 1 is 1.37 bits per heavy atom. The molecule has 0 unspecified atom stereocenters. The predicted octanol–water partition coefficient (Wildman–Crippen LogP) is 1.50. The maximum atomic E-state index is 12.3.